The van der Waals surface area contributed by atoms with Crippen LogP contribution < -0.4 is 0 Å². The minimum absolute atomic E-state index is 0.0658. The number of hydrogen-bond acceptors (Lipinski definition) is 4. The molecule has 6 fully saturated rings. The molecule has 5 aromatic rings. The van der Waals surface area contributed by atoms with Crippen LogP contribution in [0.2, 0.25) is 0 Å². The van der Waals surface area contributed by atoms with Gasteiger partial charge in [-0.05, 0) is 53.3 Å². The van der Waals surface area contributed by atoms with Gasteiger partial charge < -0.3 is 18.4 Å². The molecule has 2 aromatic heterocycles. The predicted molar refractivity (Wildman–Crippen MR) is 236 cm³/mol. The zero-order chi connectivity index (χ0) is 39.7. The fraction of sp³-hybridized carbons (Fsp3) is 0.385. The van der Waals surface area contributed by atoms with Gasteiger partial charge in [0.15, 0.2) is 0 Å². The molecule has 0 amide bonds. The Hall–Kier alpha value is -4.72. The van der Waals surface area contributed by atoms with E-state index in [-0.39, 0.29) is 12.2 Å². The molecule has 4 bridgehead atoms. The molecule has 6 aliphatic rings. The standard InChI is InChI=1S/C52H60N4O2/c1-5-28-57-51(45-20-24-53-47-18-11-9-16-43(45)47)49-31-41-22-26-55(49,35-39(41)7-3)33-37-14-13-15-38(30-37)34-56-27-23-42(40(8-4)36-56)32-50(56)52(58-29-6-2)46-21-25-54-48-19-12-10-17-44(46)48/h5-21,24-25,30,39-42,49-52H,1-4,22-23,26-29,31-36H2/q+2/t39?,40?,41?,42?,49?,50?,51-,52-,55?,56?/m1/s1. The van der Waals surface area contributed by atoms with Gasteiger partial charge in [0.1, 0.15) is 37.4 Å². The summed E-state index contributed by atoms with van der Waals surface area (Å²) in [5.74, 6) is 2.25. The highest BCUT2D eigenvalue weighted by atomic mass is 16.5. The van der Waals surface area contributed by atoms with Crippen molar-refractivity contribution in [1.29, 1.82) is 0 Å². The molecule has 6 nitrogen and oxygen atoms in total. The fourth-order valence-corrected chi connectivity index (χ4v) is 12.2. The van der Waals surface area contributed by atoms with Crippen LogP contribution in [0.15, 0.2) is 148 Å². The van der Waals surface area contributed by atoms with Gasteiger partial charge in [0, 0.05) is 71.8 Å². The van der Waals surface area contributed by atoms with E-state index in [1.54, 1.807) is 0 Å². The summed E-state index contributed by atoms with van der Waals surface area (Å²) in [5, 5.41) is 2.37. The third-order valence-electron chi connectivity index (χ3n) is 14.8. The number of fused-ring (bicyclic) bond motifs is 8. The lowest BCUT2D eigenvalue weighted by Crippen LogP contribution is -2.68. The van der Waals surface area contributed by atoms with Crippen molar-refractivity contribution in [2.45, 2.75) is 63.1 Å². The van der Waals surface area contributed by atoms with Crippen LogP contribution in [0.3, 0.4) is 0 Å². The zero-order valence-corrected chi connectivity index (χ0v) is 34.1. The number of aromatic nitrogens is 2. The van der Waals surface area contributed by atoms with Crippen molar-refractivity contribution in [3.8, 4) is 0 Å². The lowest BCUT2D eigenvalue weighted by atomic mass is 9.70. The van der Waals surface area contributed by atoms with Gasteiger partial charge in [0.05, 0.1) is 50.4 Å². The second kappa shape index (κ2) is 16.5. The first-order valence-corrected chi connectivity index (χ1v) is 21.6. The third kappa shape index (κ3) is 7.08. The monoisotopic (exact) mass is 772 g/mol. The van der Waals surface area contributed by atoms with Crippen molar-refractivity contribution in [2.24, 2.45) is 23.7 Å². The number of para-hydroxylation sites is 2. The number of hydrogen-bond donors (Lipinski definition) is 0. The highest BCUT2D eigenvalue weighted by Crippen LogP contribution is 2.51. The molecule has 58 heavy (non-hydrogen) atoms. The topological polar surface area (TPSA) is 44.2 Å². The Morgan fingerprint density at radius 2 is 1.07 bits per heavy atom. The predicted octanol–water partition coefficient (Wildman–Crippen LogP) is 10.5. The lowest BCUT2D eigenvalue weighted by molar-refractivity contribution is -0.985. The molecule has 8 unspecified atom stereocenters. The number of ether oxygens (including phenoxy) is 2. The molecule has 0 N–H and O–H groups in total. The smallest absolute Gasteiger partial charge is 0.135 e. The molecule has 6 heteroatoms. The molecular formula is C52H60N4O2+2. The van der Waals surface area contributed by atoms with Crippen molar-refractivity contribution in [1.82, 2.24) is 9.97 Å². The summed E-state index contributed by atoms with van der Waals surface area (Å²) in [6, 6.07) is 31.7. The largest absolute Gasteiger partial charge is 0.363 e. The summed E-state index contributed by atoms with van der Waals surface area (Å²) >= 11 is 0. The normalized spacial score (nSPS) is 29.9. The molecule has 11 rings (SSSR count). The zero-order valence-electron chi connectivity index (χ0n) is 34.1. The molecule has 10 atom stereocenters. The van der Waals surface area contributed by atoms with Crippen LogP contribution in [0.25, 0.3) is 21.8 Å². The maximum atomic E-state index is 6.89. The number of pyridine rings is 2. The van der Waals surface area contributed by atoms with Crippen LogP contribution in [0, 0.1) is 23.7 Å². The van der Waals surface area contributed by atoms with Gasteiger partial charge in [-0.3, -0.25) is 9.97 Å². The number of rotatable bonds is 16. The molecule has 0 radical (unpaired) electrons. The van der Waals surface area contributed by atoms with E-state index in [1.807, 2.05) is 24.5 Å². The SMILES string of the molecule is C=CCO[C@H](c1ccnc2ccccc12)C1CC2CC[N+]1(Cc1cccc(C[N+]34CCC(CC3[C@H](OCC=C)c3ccnc5ccccc35)C(C=C)C4)c1)CC2C=C. The highest BCUT2D eigenvalue weighted by Gasteiger charge is 2.56. The van der Waals surface area contributed by atoms with Crippen LogP contribution in [-0.4, -0.2) is 70.4 Å². The molecule has 0 aliphatic carbocycles. The van der Waals surface area contributed by atoms with Crippen molar-refractivity contribution in [3.05, 3.63) is 170 Å². The van der Waals surface area contributed by atoms with E-state index in [4.69, 9.17) is 19.4 Å². The second-order valence-corrected chi connectivity index (χ2v) is 17.8. The first kappa shape index (κ1) is 38.8. The average molecular weight is 773 g/mol. The Morgan fingerprint density at radius 1 is 0.603 bits per heavy atom. The summed E-state index contributed by atoms with van der Waals surface area (Å²) < 4.78 is 15.8. The molecular weight excluding hydrogens is 713 g/mol. The van der Waals surface area contributed by atoms with E-state index in [0.29, 0.717) is 49.0 Å². The Bertz CT molecular complexity index is 2140. The van der Waals surface area contributed by atoms with E-state index in [9.17, 15) is 0 Å². The molecule has 0 spiro atoms. The summed E-state index contributed by atoms with van der Waals surface area (Å²) in [7, 11) is 0. The van der Waals surface area contributed by atoms with Crippen LogP contribution in [0.5, 0.6) is 0 Å². The number of benzene rings is 3. The summed E-state index contributed by atoms with van der Waals surface area (Å²) in [6.45, 7) is 24.3. The van der Waals surface area contributed by atoms with Gasteiger partial charge in [0.25, 0.3) is 0 Å². The Balaban J connectivity index is 1.07. The Labute approximate surface area is 345 Å². The Morgan fingerprint density at radius 3 is 1.52 bits per heavy atom. The van der Waals surface area contributed by atoms with Crippen molar-refractivity contribution < 1.29 is 18.4 Å². The average Bonchev–Trinajstić information content (AvgIpc) is 3.27. The van der Waals surface area contributed by atoms with Crippen molar-refractivity contribution in [2.75, 3.05) is 39.4 Å². The molecule has 6 saturated heterocycles. The minimum Gasteiger partial charge on any atom is -0.363 e. The third-order valence-corrected chi connectivity index (χ3v) is 14.8. The van der Waals surface area contributed by atoms with Gasteiger partial charge in [-0.15, -0.1) is 26.3 Å². The van der Waals surface area contributed by atoms with Gasteiger partial charge >= 0.3 is 0 Å². The minimum atomic E-state index is -0.0658. The second-order valence-electron chi connectivity index (χ2n) is 17.8. The van der Waals surface area contributed by atoms with Gasteiger partial charge in [-0.25, -0.2) is 0 Å². The molecule has 3 aromatic carbocycles. The first-order valence-electron chi connectivity index (χ1n) is 21.6. The van der Waals surface area contributed by atoms with E-state index in [0.717, 1.165) is 72.1 Å². The molecule has 298 valence electrons. The maximum absolute atomic E-state index is 6.89. The maximum Gasteiger partial charge on any atom is 0.135 e. The molecule has 0 saturated carbocycles. The lowest BCUT2D eigenvalue weighted by Gasteiger charge is -2.59. The molecule has 6 aliphatic heterocycles. The van der Waals surface area contributed by atoms with E-state index < -0.39 is 0 Å². The van der Waals surface area contributed by atoms with Crippen LogP contribution in [0.4, 0.5) is 0 Å². The number of piperidine rings is 6. The highest BCUT2D eigenvalue weighted by molar-refractivity contribution is 5.83. The Kier molecular flexibility index (Phi) is 11.0. The summed E-state index contributed by atoms with van der Waals surface area (Å²) in [4.78, 5) is 9.47. The molecule has 8 heterocycles. The number of quaternary nitrogens is 2. The summed E-state index contributed by atoms with van der Waals surface area (Å²) in [5.41, 5.74) is 7.35. The van der Waals surface area contributed by atoms with Crippen LogP contribution in [-0.2, 0) is 22.6 Å². The number of nitrogens with zero attached hydrogens (tertiary/aromatic N) is 4. The van der Waals surface area contributed by atoms with Crippen molar-refractivity contribution >= 4 is 21.8 Å². The van der Waals surface area contributed by atoms with Gasteiger partial charge in [-0.1, -0.05) is 78.9 Å². The van der Waals surface area contributed by atoms with E-state index in [2.05, 4.69) is 123 Å². The summed E-state index contributed by atoms with van der Waals surface area (Å²) in [6.07, 6.45) is 16.8. The van der Waals surface area contributed by atoms with E-state index in [1.165, 1.54) is 45.9 Å². The quantitative estimate of drug-likeness (QED) is 0.0740. The van der Waals surface area contributed by atoms with Gasteiger partial charge in [0.2, 0.25) is 0 Å². The van der Waals surface area contributed by atoms with Gasteiger partial charge in [-0.2, -0.15) is 0 Å². The van der Waals surface area contributed by atoms with Crippen molar-refractivity contribution in [3.63, 3.8) is 0 Å². The van der Waals surface area contributed by atoms with Crippen LogP contribution >= 0.6 is 0 Å². The van der Waals surface area contributed by atoms with Crippen LogP contribution in [0.1, 0.15) is 60.1 Å². The fourth-order valence-electron chi connectivity index (χ4n) is 12.2. The first-order chi connectivity index (χ1) is 28.5. The van der Waals surface area contributed by atoms with E-state index >= 15 is 0 Å².